The van der Waals surface area contributed by atoms with Crippen LogP contribution in [0.2, 0.25) is 0 Å². The third-order valence-corrected chi connectivity index (χ3v) is 5.55. The number of rotatable bonds is 10. The first kappa shape index (κ1) is 26.0. The Labute approximate surface area is 208 Å². The molecule has 2 N–H and O–H groups in total. The molecule has 7 nitrogen and oxygen atoms in total. The molecule has 1 aromatic carbocycles. The van der Waals surface area contributed by atoms with Gasteiger partial charge in [0.15, 0.2) is 5.96 Å². The normalized spacial score (nSPS) is 15.9. The molecule has 2 heterocycles. The highest BCUT2D eigenvalue weighted by Gasteiger charge is 2.25. The number of anilines is 1. The van der Waals surface area contributed by atoms with Crippen molar-refractivity contribution in [1.29, 1.82) is 0 Å². The lowest BCUT2D eigenvalue weighted by Gasteiger charge is -2.20. The van der Waals surface area contributed by atoms with Crippen LogP contribution < -0.4 is 15.5 Å². The van der Waals surface area contributed by atoms with Crippen LogP contribution in [0.1, 0.15) is 31.9 Å². The second kappa shape index (κ2) is 14.0. The van der Waals surface area contributed by atoms with Crippen molar-refractivity contribution in [2.45, 2.75) is 38.6 Å². The molecule has 1 aromatic heterocycles. The molecule has 32 heavy (non-hydrogen) atoms. The molecule has 0 spiro atoms. The Morgan fingerprint density at radius 3 is 2.78 bits per heavy atom. The Hall–Kier alpha value is -2.23. The highest BCUT2D eigenvalue weighted by Crippen LogP contribution is 2.12. The number of para-hydroxylation sites is 1. The number of nitrogens with one attached hydrogen (secondary N) is 2. The molecule has 1 aliphatic rings. The number of halogens is 1. The quantitative estimate of drug-likeness (QED) is 0.204. The molecular formula is C24H36IN5O2. The number of carbonyl (C=O) groups excluding carboxylic acids is 1. The lowest BCUT2D eigenvalue weighted by molar-refractivity contribution is -0.129. The van der Waals surface area contributed by atoms with E-state index in [0.29, 0.717) is 6.42 Å². The van der Waals surface area contributed by atoms with Crippen LogP contribution in [0.3, 0.4) is 0 Å². The van der Waals surface area contributed by atoms with E-state index in [-0.39, 0.29) is 35.9 Å². The number of guanidine groups is 1. The van der Waals surface area contributed by atoms with Crippen LogP contribution >= 0.6 is 24.0 Å². The first-order chi connectivity index (χ1) is 15.2. The Kier molecular flexibility index (Phi) is 11.4. The van der Waals surface area contributed by atoms with Gasteiger partial charge in [-0.3, -0.25) is 9.79 Å². The molecule has 3 rings (SSSR count). The second-order valence-corrected chi connectivity index (χ2v) is 7.92. The molecule has 1 aliphatic heterocycles. The summed E-state index contributed by atoms with van der Waals surface area (Å²) in [5.41, 5.74) is 1.22. The van der Waals surface area contributed by atoms with E-state index < -0.39 is 0 Å². The van der Waals surface area contributed by atoms with Crippen molar-refractivity contribution in [1.82, 2.24) is 15.5 Å². The number of likely N-dealkylation sites (tertiary alicyclic amines) is 1. The van der Waals surface area contributed by atoms with Gasteiger partial charge >= 0.3 is 0 Å². The third kappa shape index (κ3) is 8.37. The van der Waals surface area contributed by atoms with Gasteiger partial charge in [0.25, 0.3) is 0 Å². The smallest absolute Gasteiger partial charge is 0.222 e. The number of hydrogen-bond donors (Lipinski definition) is 2. The maximum Gasteiger partial charge on any atom is 0.222 e. The number of nitrogens with zero attached hydrogens (tertiary/aromatic N) is 3. The van der Waals surface area contributed by atoms with Gasteiger partial charge in [0, 0.05) is 64.3 Å². The van der Waals surface area contributed by atoms with Crippen molar-refractivity contribution < 1.29 is 9.21 Å². The van der Waals surface area contributed by atoms with Crippen molar-refractivity contribution in [2.75, 3.05) is 44.7 Å². The zero-order chi connectivity index (χ0) is 21.9. The highest BCUT2D eigenvalue weighted by atomic mass is 127. The van der Waals surface area contributed by atoms with Crippen molar-refractivity contribution in [2.24, 2.45) is 4.99 Å². The molecule has 1 amide bonds. The standard InChI is InChI=1S/C24H35N5O2.HI/c1-3-23(30)29-17-13-20(19-29)27-24(26-15-12-22-11-7-18-31-22)25-14-8-16-28(2)21-9-5-4-6-10-21;/h4-7,9-11,18,20H,3,8,12-17,19H2,1-2H3,(H2,25,26,27);1H. The molecule has 1 fully saturated rings. The average molecular weight is 553 g/mol. The zero-order valence-electron chi connectivity index (χ0n) is 19.1. The Morgan fingerprint density at radius 1 is 1.25 bits per heavy atom. The van der Waals surface area contributed by atoms with Gasteiger partial charge in [0.2, 0.25) is 5.91 Å². The minimum absolute atomic E-state index is 0. The lowest BCUT2D eigenvalue weighted by atomic mass is 10.2. The van der Waals surface area contributed by atoms with Crippen molar-refractivity contribution in [3.05, 3.63) is 54.5 Å². The summed E-state index contributed by atoms with van der Waals surface area (Å²) < 4.78 is 5.42. The first-order valence-corrected chi connectivity index (χ1v) is 11.3. The van der Waals surface area contributed by atoms with E-state index in [0.717, 1.165) is 63.7 Å². The minimum atomic E-state index is 0. The lowest BCUT2D eigenvalue weighted by Crippen LogP contribution is -2.45. The van der Waals surface area contributed by atoms with Crippen molar-refractivity contribution in [3.8, 4) is 0 Å². The van der Waals surface area contributed by atoms with Gasteiger partial charge in [-0.15, -0.1) is 24.0 Å². The molecule has 1 saturated heterocycles. The maximum atomic E-state index is 12.0. The van der Waals surface area contributed by atoms with Crippen LogP contribution in [0.25, 0.3) is 0 Å². The number of benzene rings is 1. The molecule has 1 unspecified atom stereocenters. The summed E-state index contributed by atoms with van der Waals surface area (Å²) in [6, 6.07) is 14.5. The zero-order valence-corrected chi connectivity index (χ0v) is 21.5. The number of furan rings is 1. The molecule has 8 heteroatoms. The van der Waals surface area contributed by atoms with Crippen molar-refractivity contribution >= 4 is 41.5 Å². The summed E-state index contributed by atoms with van der Waals surface area (Å²) in [6.07, 6.45) is 4.96. The topological polar surface area (TPSA) is 73.1 Å². The molecule has 0 bridgehead atoms. The van der Waals surface area contributed by atoms with Crippen LogP contribution in [-0.2, 0) is 11.2 Å². The van der Waals surface area contributed by atoms with Crippen LogP contribution in [0.4, 0.5) is 5.69 Å². The summed E-state index contributed by atoms with van der Waals surface area (Å²) in [5.74, 6) is 1.99. The van der Waals surface area contributed by atoms with Gasteiger partial charge in [-0.1, -0.05) is 25.1 Å². The number of hydrogen-bond acceptors (Lipinski definition) is 4. The van der Waals surface area contributed by atoms with Crippen LogP contribution in [0.5, 0.6) is 0 Å². The fourth-order valence-corrected chi connectivity index (χ4v) is 3.74. The maximum absolute atomic E-state index is 12.0. The van der Waals surface area contributed by atoms with E-state index in [1.807, 2.05) is 30.0 Å². The van der Waals surface area contributed by atoms with E-state index in [9.17, 15) is 4.79 Å². The second-order valence-electron chi connectivity index (χ2n) is 7.92. The first-order valence-electron chi connectivity index (χ1n) is 11.3. The average Bonchev–Trinajstić information content (AvgIpc) is 3.48. The minimum Gasteiger partial charge on any atom is -0.469 e. The fraction of sp³-hybridized carbons (Fsp3) is 0.500. The molecule has 1 atom stereocenters. The largest absolute Gasteiger partial charge is 0.469 e. The van der Waals surface area contributed by atoms with Gasteiger partial charge in [-0.25, -0.2) is 0 Å². The van der Waals surface area contributed by atoms with Gasteiger partial charge in [-0.05, 0) is 37.1 Å². The van der Waals surface area contributed by atoms with E-state index >= 15 is 0 Å². The Bertz CT molecular complexity index is 813. The molecule has 0 radical (unpaired) electrons. The van der Waals surface area contributed by atoms with Gasteiger partial charge < -0.3 is 24.9 Å². The van der Waals surface area contributed by atoms with Crippen LogP contribution in [-0.4, -0.2) is 62.6 Å². The van der Waals surface area contributed by atoms with Gasteiger partial charge in [-0.2, -0.15) is 0 Å². The van der Waals surface area contributed by atoms with E-state index in [1.165, 1.54) is 5.69 Å². The summed E-state index contributed by atoms with van der Waals surface area (Å²) >= 11 is 0. The SMILES string of the molecule is CCC(=O)N1CCC(NC(=NCCCN(C)c2ccccc2)NCCc2ccco2)C1.I. The molecule has 0 aliphatic carbocycles. The summed E-state index contributed by atoms with van der Waals surface area (Å²) in [5, 5.41) is 6.95. The van der Waals surface area contributed by atoms with Crippen LogP contribution in [0.15, 0.2) is 58.1 Å². The molecule has 2 aromatic rings. The monoisotopic (exact) mass is 553 g/mol. The van der Waals surface area contributed by atoms with Crippen molar-refractivity contribution in [3.63, 3.8) is 0 Å². The Morgan fingerprint density at radius 2 is 2.06 bits per heavy atom. The summed E-state index contributed by atoms with van der Waals surface area (Å²) in [4.78, 5) is 21.0. The molecule has 0 saturated carbocycles. The van der Waals surface area contributed by atoms with E-state index in [2.05, 4.69) is 46.8 Å². The molecule has 176 valence electrons. The van der Waals surface area contributed by atoms with Gasteiger partial charge in [0.05, 0.1) is 6.26 Å². The highest BCUT2D eigenvalue weighted by molar-refractivity contribution is 14.0. The Balaban J connectivity index is 0.00000363. The van der Waals surface area contributed by atoms with E-state index in [4.69, 9.17) is 9.41 Å². The number of aliphatic imine (C=N–C) groups is 1. The summed E-state index contributed by atoms with van der Waals surface area (Å²) in [6.45, 7) is 5.88. The summed E-state index contributed by atoms with van der Waals surface area (Å²) in [7, 11) is 2.11. The number of carbonyl (C=O) groups is 1. The fourth-order valence-electron chi connectivity index (χ4n) is 3.74. The predicted octanol–water partition coefficient (Wildman–Crippen LogP) is 3.51. The van der Waals surface area contributed by atoms with E-state index in [1.54, 1.807) is 6.26 Å². The third-order valence-electron chi connectivity index (χ3n) is 5.55. The predicted molar refractivity (Wildman–Crippen MR) is 141 cm³/mol. The van der Waals surface area contributed by atoms with Gasteiger partial charge in [0.1, 0.15) is 5.76 Å². The van der Waals surface area contributed by atoms with Crippen LogP contribution in [0, 0.1) is 0 Å². The number of amides is 1. The molecular weight excluding hydrogens is 517 g/mol.